The van der Waals surface area contributed by atoms with E-state index in [1.807, 2.05) is 6.08 Å². The van der Waals surface area contributed by atoms with Crippen LogP contribution in [-0.2, 0) is 0 Å². The van der Waals surface area contributed by atoms with Gasteiger partial charge in [-0.05, 0) is 30.5 Å². The Balaban J connectivity index is 2.16. The average molecular weight is 245 g/mol. The smallest absolute Gasteiger partial charge is 0.335 e. The van der Waals surface area contributed by atoms with Crippen molar-refractivity contribution in [2.45, 2.75) is 6.42 Å². The molecule has 1 aromatic rings. The van der Waals surface area contributed by atoms with Gasteiger partial charge in [0.25, 0.3) is 5.91 Å². The summed E-state index contributed by atoms with van der Waals surface area (Å²) in [5, 5.41) is 8.90. The molecule has 1 aromatic carbocycles. The van der Waals surface area contributed by atoms with Gasteiger partial charge in [0.2, 0.25) is 0 Å². The zero-order chi connectivity index (χ0) is 13.1. The second-order valence-corrected chi connectivity index (χ2v) is 4.42. The summed E-state index contributed by atoms with van der Waals surface area (Å²) in [6.07, 6.45) is 2.79. The van der Waals surface area contributed by atoms with Gasteiger partial charge in [0.1, 0.15) is 0 Å². The van der Waals surface area contributed by atoms with Crippen LogP contribution in [0.3, 0.4) is 0 Å². The van der Waals surface area contributed by atoms with Crippen LogP contribution in [0.4, 0.5) is 0 Å². The van der Waals surface area contributed by atoms with Gasteiger partial charge in [0, 0.05) is 18.7 Å². The molecule has 1 amide bonds. The zero-order valence-electron chi connectivity index (χ0n) is 10.0. The lowest BCUT2D eigenvalue weighted by atomic mass is 10.1. The van der Waals surface area contributed by atoms with Gasteiger partial charge in [-0.15, -0.1) is 6.58 Å². The monoisotopic (exact) mass is 245 g/mol. The van der Waals surface area contributed by atoms with Crippen molar-refractivity contribution in [3.63, 3.8) is 0 Å². The van der Waals surface area contributed by atoms with E-state index in [9.17, 15) is 9.59 Å². The van der Waals surface area contributed by atoms with Gasteiger partial charge < -0.3 is 10.0 Å². The van der Waals surface area contributed by atoms with Crippen molar-refractivity contribution < 1.29 is 14.7 Å². The van der Waals surface area contributed by atoms with E-state index >= 15 is 0 Å². The molecule has 1 N–H and O–H groups in total. The summed E-state index contributed by atoms with van der Waals surface area (Å²) in [6.45, 7) is 5.10. The Morgan fingerprint density at radius 1 is 1.39 bits per heavy atom. The molecule has 1 fully saturated rings. The number of carboxylic acid groups (broad SMARTS) is 1. The maximum absolute atomic E-state index is 12.2. The second kappa shape index (κ2) is 5.04. The van der Waals surface area contributed by atoms with Crippen molar-refractivity contribution in [1.82, 2.24) is 4.90 Å². The van der Waals surface area contributed by atoms with Gasteiger partial charge in [0.05, 0.1) is 5.56 Å². The molecular weight excluding hydrogens is 230 g/mol. The lowest BCUT2D eigenvalue weighted by Gasteiger charge is -2.16. The van der Waals surface area contributed by atoms with Gasteiger partial charge in [-0.2, -0.15) is 0 Å². The summed E-state index contributed by atoms with van der Waals surface area (Å²) in [4.78, 5) is 24.8. The van der Waals surface area contributed by atoms with Crippen LogP contribution in [-0.4, -0.2) is 35.0 Å². The highest BCUT2D eigenvalue weighted by Crippen LogP contribution is 2.19. The molecule has 1 atom stereocenters. The highest BCUT2D eigenvalue weighted by atomic mass is 16.4. The minimum atomic E-state index is -1.02. The Morgan fingerprint density at radius 2 is 2.11 bits per heavy atom. The molecule has 4 nitrogen and oxygen atoms in total. The van der Waals surface area contributed by atoms with Gasteiger partial charge in [0.15, 0.2) is 0 Å². The van der Waals surface area contributed by atoms with Crippen LogP contribution in [0, 0.1) is 5.92 Å². The van der Waals surface area contributed by atoms with Crippen LogP contribution >= 0.6 is 0 Å². The highest BCUT2D eigenvalue weighted by Gasteiger charge is 2.25. The second-order valence-electron chi connectivity index (χ2n) is 4.42. The van der Waals surface area contributed by atoms with Crippen molar-refractivity contribution in [2.24, 2.45) is 5.92 Å². The van der Waals surface area contributed by atoms with Crippen molar-refractivity contribution in [1.29, 1.82) is 0 Å². The minimum Gasteiger partial charge on any atom is -0.478 e. The lowest BCUT2D eigenvalue weighted by Crippen LogP contribution is -2.28. The fraction of sp³-hybridized carbons (Fsp3) is 0.286. The van der Waals surface area contributed by atoms with Crippen LogP contribution in [0.2, 0.25) is 0 Å². The van der Waals surface area contributed by atoms with E-state index in [1.54, 1.807) is 17.0 Å². The van der Waals surface area contributed by atoms with E-state index in [0.717, 1.165) is 6.42 Å². The molecular formula is C14H15NO3. The molecule has 1 aliphatic rings. The molecule has 18 heavy (non-hydrogen) atoms. The van der Waals surface area contributed by atoms with Crippen molar-refractivity contribution in [3.8, 4) is 0 Å². The first kappa shape index (κ1) is 12.4. The largest absolute Gasteiger partial charge is 0.478 e. The fourth-order valence-corrected chi connectivity index (χ4v) is 2.13. The summed E-state index contributed by atoms with van der Waals surface area (Å²) in [5.41, 5.74) is 0.569. The molecule has 1 aliphatic heterocycles. The molecule has 1 saturated heterocycles. The number of hydrogen-bond donors (Lipinski definition) is 1. The number of likely N-dealkylation sites (tertiary alicyclic amines) is 1. The van der Waals surface area contributed by atoms with Crippen LogP contribution in [0.25, 0.3) is 0 Å². The van der Waals surface area contributed by atoms with Crippen molar-refractivity contribution >= 4 is 11.9 Å². The van der Waals surface area contributed by atoms with Crippen LogP contribution in [0.5, 0.6) is 0 Å². The van der Waals surface area contributed by atoms with Gasteiger partial charge in [-0.3, -0.25) is 4.79 Å². The molecule has 2 rings (SSSR count). The third-order valence-corrected chi connectivity index (χ3v) is 3.20. The number of amides is 1. The van der Waals surface area contributed by atoms with E-state index in [4.69, 9.17) is 5.11 Å². The highest BCUT2D eigenvalue weighted by molar-refractivity contribution is 5.97. The number of benzene rings is 1. The predicted octanol–water partition coefficient (Wildman–Crippen LogP) is 2.03. The third-order valence-electron chi connectivity index (χ3n) is 3.20. The van der Waals surface area contributed by atoms with Gasteiger partial charge >= 0.3 is 5.97 Å². The SMILES string of the molecule is C=C[C@@H]1CCN(C(=O)c2cccc(C(=O)O)c2)C1. The van der Waals surface area contributed by atoms with Gasteiger partial charge in [-0.1, -0.05) is 12.1 Å². The summed E-state index contributed by atoms with van der Waals surface area (Å²) < 4.78 is 0. The normalized spacial score (nSPS) is 18.7. The number of hydrogen-bond acceptors (Lipinski definition) is 2. The molecule has 1 heterocycles. The van der Waals surface area contributed by atoms with E-state index in [1.165, 1.54) is 12.1 Å². The maximum atomic E-state index is 12.2. The molecule has 0 aliphatic carbocycles. The Morgan fingerprint density at radius 3 is 2.72 bits per heavy atom. The van der Waals surface area contributed by atoms with Crippen molar-refractivity contribution in [3.05, 3.63) is 48.0 Å². The summed E-state index contributed by atoms with van der Waals surface area (Å²) >= 11 is 0. The first-order valence-electron chi connectivity index (χ1n) is 5.87. The molecule has 4 heteroatoms. The Kier molecular flexibility index (Phi) is 3.46. The number of nitrogens with zero attached hydrogens (tertiary/aromatic N) is 1. The molecule has 0 bridgehead atoms. The average Bonchev–Trinajstić information content (AvgIpc) is 2.86. The molecule has 0 spiro atoms. The Bertz CT molecular complexity index is 496. The number of carbonyl (C=O) groups is 2. The topological polar surface area (TPSA) is 57.6 Å². The molecule has 0 unspecified atom stereocenters. The lowest BCUT2D eigenvalue weighted by molar-refractivity contribution is 0.0697. The predicted molar refractivity (Wildman–Crippen MR) is 67.6 cm³/mol. The molecule has 0 saturated carbocycles. The van der Waals surface area contributed by atoms with Crippen LogP contribution < -0.4 is 0 Å². The first-order valence-corrected chi connectivity index (χ1v) is 5.87. The summed E-state index contributed by atoms with van der Waals surface area (Å²) in [7, 11) is 0. The van der Waals surface area contributed by atoms with Crippen molar-refractivity contribution in [2.75, 3.05) is 13.1 Å². The summed E-state index contributed by atoms with van der Waals surface area (Å²) in [6, 6.07) is 6.15. The summed E-state index contributed by atoms with van der Waals surface area (Å²) in [5.74, 6) is -0.783. The maximum Gasteiger partial charge on any atom is 0.335 e. The Labute approximate surface area is 106 Å². The third kappa shape index (κ3) is 2.42. The number of carboxylic acids is 1. The van der Waals surface area contributed by atoms with E-state index < -0.39 is 5.97 Å². The first-order chi connectivity index (χ1) is 8.61. The quantitative estimate of drug-likeness (QED) is 0.829. The van der Waals surface area contributed by atoms with E-state index in [-0.39, 0.29) is 11.5 Å². The van der Waals surface area contributed by atoms with Gasteiger partial charge in [-0.25, -0.2) is 4.79 Å². The fourth-order valence-electron chi connectivity index (χ4n) is 2.13. The molecule has 94 valence electrons. The van der Waals surface area contributed by atoms with Crippen LogP contribution in [0.1, 0.15) is 27.1 Å². The van der Waals surface area contributed by atoms with E-state index in [0.29, 0.717) is 24.6 Å². The minimum absolute atomic E-state index is 0.109. The number of rotatable bonds is 3. The number of carbonyl (C=O) groups excluding carboxylic acids is 1. The van der Waals surface area contributed by atoms with Crippen LogP contribution in [0.15, 0.2) is 36.9 Å². The Hall–Kier alpha value is -2.10. The standard InChI is InChI=1S/C14H15NO3/c1-2-10-6-7-15(9-10)13(16)11-4-3-5-12(8-11)14(17)18/h2-5,8,10H,1,6-7,9H2,(H,17,18)/t10-/m1/s1. The molecule has 0 radical (unpaired) electrons. The van der Waals surface area contributed by atoms with E-state index in [2.05, 4.69) is 6.58 Å². The zero-order valence-corrected chi connectivity index (χ0v) is 10.0. The molecule has 0 aromatic heterocycles. The number of aromatic carboxylic acids is 1.